The first-order valence-corrected chi connectivity index (χ1v) is 9.07. The Kier molecular flexibility index (Phi) is 4.11. The van der Waals surface area contributed by atoms with E-state index < -0.39 is 0 Å². The van der Waals surface area contributed by atoms with Gasteiger partial charge in [-0.25, -0.2) is 4.68 Å². The number of anilines is 2. The van der Waals surface area contributed by atoms with Crippen molar-refractivity contribution >= 4 is 17.3 Å². The Morgan fingerprint density at radius 2 is 1.73 bits per heavy atom. The Bertz CT molecular complexity index is 952. The monoisotopic (exact) mass is 345 g/mol. The third-order valence-electron chi connectivity index (χ3n) is 4.82. The van der Waals surface area contributed by atoms with Crippen molar-refractivity contribution < 1.29 is 4.79 Å². The van der Waals surface area contributed by atoms with E-state index in [0.29, 0.717) is 18.2 Å². The van der Waals surface area contributed by atoms with E-state index in [0.717, 1.165) is 29.1 Å². The molecule has 0 aliphatic heterocycles. The molecule has 1 atom stereocenters. The number of carbonyl (C=O) groups excluding carboxylic acids is 1. The SMILES string of the molecule is Cc1cc(C)cc(Nc2nn(-c3ccccc3)c3c2C(=O)C[C@@H](C)C3)c1. The summed E-state index contributed by atoms with van der Waals surface area (Å²) in [6, 6.07) is 16.3. The van der Waals surface area contributed by atoms with E-state index in [1.165, 1.54) is 11.1 Å². The first-order chi connectivity index (χ1) is 12.5. The molecule has 0 fully saturated rings. The second-order valence-corrected chi connectivity index (χ2v) is 7.36. The van der Waals surface area contributed by atoms with E-state index in [-0.39, 0.29) is 5.78 Å². The van der Waals surface area contributed by atoms with Crippen LogP contribution in [0.25, 0.3) is 5.69 Å². The zero-order valence-electron chi connectivity index (χ0n) is 15.4. The van der Waals surface area contributed by atoms with Crippen LogP contribution in [0.5, 0.6) is 0 Å². The van der Waals surface area contributed by atoms with Gasteiger partial charge in [0.25, 0.3) is 0 Å². The van der Waals surface area contributed by atoms with E-state index in [1.807, 2.05) is 35.0 Å². The maximum atomic E-state index is 12.8. The standard InChI is InChI=1S/C22H23N3O/c1-14-9-15(2)11-17(10-14)23-22-21-19(12-16(3)13-20(21)26)25(24-22)18-7-5-4-6-8-18/h4-11,16H,12-13H2,1-3H3,(H,23,24)/t16-/m0/s1. The molecule has 0 amide bonds. The van der Waals surface area contributed by atoms with Gasteiger partial charge < -0.3 is 5.32 Å². The van der Waals surface area contributed by atoms with Gasteiger partial charge in [-0.15, -0.1) is 5.10 Å². The van der Waals surface area contributed by atoms with Crippen molar-refractivity contribution in [3.05, 3.63) is 70.9 Å². The highest BCUT2D eigenvalue weighted by Crippen LogP contribution is 2.34. The summed E-state index contributed by atoms with van der Waals surface area (Å²) in [5, 5.41) is 8.18. The molecule has 0 bridgehead atoms. The van der Waals surface area contributed by atoms with Crippen molar-refractivity contribution in [3.63, 3.8) is 0 Å². The molecule has 1 aliphatic carbocycles. The molecule has 1 aliphatic rings. The molecule has 1 aromatic heterocycles. The number of ketones is 1. The minimum atomic E-state index is 0.174. The number of benzene rings is 2. The van der Waals surface area contributed by atoms with E-state index in [2.05, 4.69) is 44.3 Å². The van der Waals surface area contributed by atoms with Gasteiger partial charge in [-0.05, 0) is 61.6 Å². The minimum absolute atomic E-state index is 0.174. The van der Waals surface area contributed by atoms with Crippen LogP contribution in [0.3, 0.4) is 0 Å². The zero-order chi connectivity index (χ0) is 18.3. The predicted molar refractivity (Wildman–Crippen MR) is 105 cm³/mol. The number of aromatic nitrogens is 2. The first kappa shape index (κ1) is 16.6. The van der Waals surface area contributed by atoms with Crippen LogP contribution in [0, 0.1) is 19.8 Å². The summed E-state index contributed by atoms with van der Waals surface area (Å²) >= 11 is 0. The van der Waals surface area contributed by atoms with Crippen LogP contribution < -0.4 is 5.32 Å². The van der Waals surface area contributed by atoms with Gasteiger partial charge in [0.15, 0.2) is 11.6 Å². The highest BCUT2D eigenvalue weighted by molar-refractivity contribution is 6.03. The summed E-state index contributed by atoms with van der Waals surface area (Å²) in [6.45, 7) is 6.27. The lowest BCUT2D eigenvalue weighted by atomic mass is 9.87. The molecule has 0 spiro atoms. The molecule has 4 heteroatoms. The number of nitrogens with zero attached hydrogens (tertiary/aromatic N) is 2. The number of hydrogen-bond donors (Lipinski definition) is 1. The van der Waals surface area contributed by atoms with Crippen LogP contribution in [0.4, 0.5) is 11.5 Å². The van der Waals surface area contributed by atoms with Crippen molar-refractivity contribution in [2.75, 3.05) is 5.32 Å². The summed E-state index contributed by atoms with van der Waals surface area (Å²) < 4.78 is 1.92. The van der Waals surface area contributed by atoms with Gasteiger partial charge in [0, 0.05) is 12.1 Å². The van der Waals surface area contributed by atoms with Gasteiger partial charge in [0.05, 0.1) is 16.9 Å². The van der Waals surface area contributed by atoms with Gasteiger partial charge in [-0.1, -0.05) is 31.2 Å². The van der Waals surface area contributed by atoms with Crippen molar-refractivity contribution in [1.29, 1.82) is 0 Å². The lowest BCUT2D eigenvalue weighted by Gasteiger charge is -2.19. The smallest absolute Gasteiger partial charge is 0.168 e. The van der Waals surface area contributed by atoms with Crippen molar-refractivity contribution in [1.82, 2.24) is 9.78 Å². The van der Waals surface area contributed by atoms with Gasteiger partial charge in [0.2, 0.25) is 0 Å². The van der Waals surface area contributed by atoms with Crippen LogP contribution in [-0.2, 0) is 6.42 Å². The molecule has 132 valence electrons. The van der Waals surface area contributed by atoms with E-state index in [4.69, 9.17) is 5.10 Å². The summed E-state index contributed by atoms with van der Waals surface area (Å²) in [6.07, 6.45) is 1.44. The molecule has 4 rings (SSSR count). The number of nitrogens with one attached hydrogen (secondary N) is 1. The molecule has 0 radical (unpaired) electrons. The number of carbonyl (C=O) groups is 1. The number of rotatable bonds is 3. The second kappa shape index (κ2) is 6.45. The predicted octanol–water partition coefficient (Wildman–Crippen LogP) is 5.00. The second-order valence-electron chi connectivity index (χ2n) is 7.36. The van der Waals surface area contributed by atoms with Crippen LogP contribution in [0.15, 0.2) is 48.5 Å². The molecule has 3 aromatic rings. The average Bonchev–Trinajstić information content (AvgIpc) is 2.93. The molecular formula is C22H23N3O. The Hall–Kier alpha value is -2.88. The van der Waals surface area contributed by atoms with Gasteiger partial charge in [-0.3, -0.25) is 4.79 Å². The fourth-order valence-electron chi connectivity index (χ4n) is 3.81. The Labute approximate surface area is 153 Å². The molecule has 0 saturated carbocycles. The average molecular weight is 345 g/mol. The van der Waals surface area contributed by atoms with E-state index in [1.54, 1.807) is 0 Å². The topological polar surface area (TPSA) is 46.9 Å². The molecule has 0 unspecified atom stereocenters. The number of aryl methyl sites for hydroxylation is 2. The highest BCUT2D eigenvalue weighted by atomic mass is 16.1. The summed E-state index contributed by atoms with van der Waals surface area (Å²) in [4.78, 5) is 12.8. The lowest BCUT2D eigenvalue weighted by molar-refractivity contribution is 0.0953. The van der Waals surface area contributed by atoms with Crippen molar-refractivity contribution in [3.8, 4) is 5.69 Å². The largest absolute Gasteiger partial charge is 0.338 e. The quantitative estimate of drug-likeness (QED) is 0.727. The van der Waals surface area contributed by atoms with Crippen LogP contribution in [-0.4, -0.2) is 15.6 Å². The summed E-state index contributed by atoms with van der Waals surface area (Å²) in [5.74, 6) is 1.17. The molecule has 0 saturated heterocycles. The van der Waals surface area contributed by atoms with E-state index >= 15 is 0 Å². The highest BCUT2D eigenvalue weighted by Gasteiger charge is 2.31. The van der Waals surface area contributed by atoms with Crippen molar-refractivity contribution in [2.24, 2.45) is 5.92 Å². The minimum Gasteiger partial charge on any atom is -0.338 e. The molecule has 26 heavy (non-hydrogen) atoms. The van der Waals surface area contributed by atoms with E-state index in [9.17, 15) is 4.79 Å². The maximum absolute atomic E-state index is 12.8. The first-order valence-electron chi connectivity index (χ1n) is 9.07. The third kappa shape index (κ3) is 3.03. The zero-order valence-corrected chi connectivity index (χ0v) is 15.4. The molecule has 1 N–H and O–H groups in total. The van der Waals surface area contributed by atoms with Gasteiger partial charge in [-0.2, -0.15) is 0 Å². The lowest BCUT2D eigenvalue weighted by Crippen LogP contribution is -2.19. The number of hydrogen-bond acceptors (Lipinski definition) is 3. The Morgan fingerprint density at radius 3 is 2.42 bits per heavy atom. The number of fused-ring (bicyclic) bond motifs is 1. The fraction of sp³-hybridized carbons (Fsp3) is 0.273. The van der Waals surface area contributed by atoms with Crippen molar-refractivity contribution in [2.45, 2.75) is 33.6 Å². The Morgan fingerprint density at radius 1 is 1.04 bits per heavy atom. The van der Waals surface area contributed by atoms with Crippen LogP contribution in [0.1, 0.15) is 40.5 Å². The third-order valence-corrected chi connectivity index (χ3v) is 4.82. The Balaban J connectivity index is 1.83. The maximum Gasteiger partial charge on any atom is 0.168 e. The molecular weight excluding hydrogens is 322 g/mol. The summed E-state index contributed by atoms with van der Waals surface area (Å²) in [5.41, 5.74) is 6.07. The number of Topliss-reactive ketones (excluding diaryl/α,β-unsaturated/α-hetero) is 1. The van der Waals surface area contributed by atoms with Gasteiger partial charge >= 0.3 is 0 Å². The molecule has 2 aromatic carbocycles. The van der Waals surface area contributed by atoms with Crippen LogP contribution >= 0.6 is 0 Å². The number of para-hydroxylation sites is 1. The normalized spacial score (nSPS) is 16.4. The van der Waals surface area contributed by atoms with Gasteiger partial charge in [0.1, 0.15) is 0 Å². The molecule has 4 nitrogen and oxygen atoms in total. The van der Waals surface area contributed by atoms with Crippen LogP contribution in [0.2, 0.25) is 0 Å². The molecule has 1 heterocycles. The fourth-order valence-corrected chi connectivity index (χ4v) is 3.81. The summed E-state index contributed by atoms with van der Waals surface area (Å²) in [7, 11) is 0.